The van der Waals surface area contributed by atoms with E-state index in [0.29, 0.717) is 34.3 Å². The minimum Gasteiger partial charge on any atom is -0.497 e. The molecular weight excluding hydrogens is 454 g/mol. The predicted octanol–water partition coefficient (Wildman–Crippen LogP) is 1.46. The maximum atomic E-state index is 13.0. The first-order valence-electron chi connectivity index (χ1n) is 11.0. The summed E-state index contributed by atoms with van der Waals surface area (Å²) in [4.78, 5) is 52.2. The van der Waals surface area contributed by atoms with Gasteiger partial charge in [0, 0.05) is 0 Å². The summed E-state index contributed by atoms with van der Waals surface area (Å²) in [6.07, 6.45) is 0. The van der Waals surface area contributed by atoms with Crippen LogP contribution in [0.15, 0.2) is 48.5 Å². The molecule has 1 unspecified atom stereocenters. The lowest BCUT2D eigenvalue weighted by Crippen LogP contribution is -2.51. The van der Waals surface area contributed by atoms with Crippen LogP contribution in [-0.4, -0.2) is 67.5 Å². The van der Waals surface area contributed by atoms with Crippen molar-refractivity contribution in [3.8, 4) is 11.5 Å². The summed E-state index contributed by atoms with van der Waals surface area (Å²) in [5, 5.41) is 6.03. The van der Waals surface area contributed by atoms with Crippen molar-refractivity contribution in [3.63, 3.8) is 0 Å². The van der Waals surface area contributed by atoms with Crippen LogP contribution >= 0.6 is 0 Å². The van der Waals surface area contributed by atoms with Gasteiger partial charge in [0.25, 0.3) is 11.8 Å². The van der Waals surface area contributed by atoms with Gasteiger partial charge in [-0.15, -0.1) is 0 Å². The van der Waals surface area contributed by atoms with Gasteiger partial charge in [-0.25, -0.2) is 4.79 Å². The molecular formula is C24H29N5O6. The van der Waals surface area contributed by atoms with Crippen LogP contribution in [0.25, 0.3) is 0 Å². The van der Waals surface area contributed by atoms with Gasteiger partial charge >= 0.3 is 6.03 Å². The zero-order chi connectivity index (χ0) is 25.6. The molecule has 0 bridgehead atoms. The number of hydrogen-bond acceptors (Lipinski definition) is 7. The van der Waals surface area contributed by atoms with E-state index in [1.807, 2.05) is 0 Å². The van der Waals surface area contributed by atoms with Gasteiger partial charge in [-0.3, -0.25) is 24.7 Å². The first-order chi connectivity index (χ1) is 16.7. The van der Waals surface area contributed by atoms with Crippen LogP contribution in [0.4, 0.5) is 10.5 Å². The van der Waals surface area contributed by atoms with Gasteiger partial charge in [-0.1, -0.05) is 31.2 Å². The molecule has 11 nitrogen and oxygen atoms in total. The zero-order valence-corrected chi connectivity index (χ0v) is 20.1. The van der Waals surface area contributed by atoms with Gasteiger partial charge in [-0.2, -0.15) is 5.01 Å². The summed E-state index contributed by atoms with van der Waals surface area (Å²) in [6, 6.07) is 12.9. The van der Waals surface area contributed by atoms with Crippen molar-refractivity contribution in [3.05, 3.63) is 54.1 Å². The number of para-hydroxylation sites is 2. The first kappa shape index (κ1) is 25.5. The van der Waals surface area contributed by atoms with Crippen molar-refractivity contribution < 1.29 is 28.7 Å². The van der Waals surface area contributed by atoms with Crippen molar-refractivity contribution >= 4 is 29.4 Å². The van der Waals surface area contributed by atoms with Crippen LogP contribution < -0.4 is 25.5 Å². The van der Waals surface area contributed by atoms with Gasteiger partial charge in [0.15, 0.2) is 0 Å². The third kappa shape index (κ3) is 5.69. The molecule has 2 aromatic carbocycles. The number of carbonyl (C=O) groups excluding carboxylic acids is 4. The fourth-order valence-electron chi connectivity index (χ4n) is 3.64. The lowest BCUT2D eigenvalue weighted by molar-refractivity contribution is -0.139. The number of hydrazine groups is 1. The fraction of sp³-hybridized carbons (Fsp3) is 0.333. The van der Waals surface area contributed by atoms with Crippen molar-refractivity contribution in [2.75, 3.05) is 39.2 Å². The third-order valence-electron chi connectivity index (χ3n) is 5.66. The summed E-state index contributed by atoms with van der Waals surface area (Å²) < 4.78 is 10.4. The number of methoxy groups -OCH3 is 2. The van der Waals surface area contributed by atoms with Gasteiger partial charge in [0.1, 0.15) is 17.0 Å². The number of benzene rings is 2. The molecule has 5 amide bonds. The molecule has 0 saturated carbocycles. The number of nitrogens with zero attached hydrogens (tertiary/aromatic N) is 2. The number of nitrogens with one attached hydrogen (secondary N) is 3. The van der Waals surface area contributed by atoms with Crippen LogP contribution in [0, 0.1) is 0 Å². The number of urea groups is 1. The highest BCUT2D eigenvalue weighted by Gasteiger charge is 2.50. The summed E-state index contributed by atoms with van der Waals surface area (Å²) in [5.41, 5.74) is 2.05. The zero-order valence-electron chi connectivity index (χ0n) is 20.1. The molecule has 1 heterocycles. The van der Waals surface area contributed by atoms with Crippen LogP contribution in [0.2, 0.25) is 0 Å². The number of ether oxygens (including phenoxy) is 2. The largest absolute Gasteiger partial charge is 0.497 e. The van der Waals surface area contributed by atoms with E-state index >= 15 is 0 Å². The molecule has 0 spiro atoms. The van der Waals surface area contributed by atoms with Gasteiger partial charge in [0.2, 0.25) is 5.91 Å². The molecule has 0 radical (unpaired) electrons. The lowest BCUT2D eigenvalue weighted by atomic mass is 9.92. The Balaban J connectivity index is 1.60. The Morgan fingerprint density at radius 3 is 2.29 bits per heavy atom. The van der Waals surface area contributed by atoms with Gasteiger partial charge in [-0.05, 0) is 43.3 Å². The average molecular weight is 484 g/mol. The molecule has 186 valence electrons. The van der Waals surface area contributed by atoms with E-state index in [1.165, 1.54) is 14.2 Å². The fourth-order valence-corrected chi connectivity index (χ4v) is 3.64. The van der Waals surface area contributed by atoms with E-state index in [0.717, 1.165) is 0 Å². The summed E-state index contributed by atoms with van der Waals surface area (Å²) in [7, 11) is 3.03. The Bertz CT molecular complexity index is 1110. The number of imide groups is 1. The molecule has 11 heteroatoms. The topological polar surface area (TPSA) is 129 Å². The smallest absolute Gasteiger partial charge is 0.344 e. The highest BCUT2D eigenvalue weighted by atomic mass is 16.5. The maximum Gasteiger partial charge on any atom is 0.344 e. The monoisotopic (exact) mass is 483 g/mol. The van der Waals surface area contributed by atoms with Crippen LogP contribution in [0.5, 0.6) is 11.5 Å². The second kappa shape index (κ2) is 10.9. The molecule has 35 heavy (non-hydrogen) atoms. The molecule has 3 N–H and O–H groups in total. The quantitative estimate of drug-likeness (QED) is 0.436. The standard InChI is InChI=1S/C24H29N5O6/c1-5-28(14-20(30)25-18-8-6-7-9-19(18)35-4)15-21(31)27-29-22(32)24(2,26-23(29)33)16-10-12-17(34-3)13-11-16/h6-13H,5,14-15H2,1-4H3,(H,25,30)(H,26,33)(H,27,31). The Kier molecular flexibility index (Phi) is 7.92. The van der Waals surface area contributed by atoms with Crippen molar-refractivity contribution in [1.82, 2.24) is 20.7 Å². The second-order valence-corrected chi connectivity index (χ2v) is 8.01. The van der Waals surface area contributed by atoms with Gasteiger partial charge in [0.05, 0.1) is 33.0 Å². The van der Waals surface area contributed by atoms with E-state index in [2.05, 4.69) is 16.1 Å². The Morgan fingerprint density at radius 1 is 1.00 bits per heavy atom. The molecule has 1 atom stereocenters. The first-order valence-corrected chi connectivity index (χ1v) is 11.0. The number of rotatable bonds is 10. The number of hydrogen-bond donors (Lipinski definition) is 3. The summed E-state index contributed by atoms with van der Waals surface area (Å²) in [5.74, 6) is -0.461. The molecule has 0 aliphatic carbocycles. The molecule has 1 fully saturated rings. The van der Waals surface area contributed by atoms with E-state index in [9.17, 15) is 19.2 Å². The maximum absolute atomic E-state index is 13.0. The van der Waals surface area contributed by atoms with Crippen molar-refractivity contribution in [2.45, 2.75) is 19.4 Å². The predicted molar refractivity (Wildman–Crippen MR) is 128 cm³/mol. The summed E-state index contributed by atoms with van der Waals surface area (Å²) in [6.45, 7) is 3.45. The number of anilines is 1. The minimum atomic E-state index is -1.35. The molecule has 1 saturated heterocycles. The lowest BCUT2D eigenvalue weighted by Gasteiger charge is -2.23. The Labute approximate surface area is 203 Å². The molecule has 2 aromatic rings. The molecule has 0 aromatic heterocycles. The van der Waals surface area contributed by atoms with Crippen LogP contribution in [-0.2, 0) is 19.9 Å². The molecule has 1 aliphatic heterocycles. The minimum absolute atomic E-state index is 0.0777. The highest BCUT2D eigenvalue weighted by molar-refractivity contribution is 6.08. The van der Waals surface area contributed by atoms with Crippen molar-refractivity contribution in [2.24, 2.45) is 0 Å². The van der Waals surface area contributed by atoms with E-state index in [4.69, 9.17) is 9.47 Å². The van der Waals surface area contributed by atoms with Crippen molar-refractivity contribution in [1.29, 1.82) is 0 Å². The highest BCUT2D eigenvalue weighted by Crippen LogP contribution is 2.29. The average Bonchev–Trinajstić information content (AvgIpc) is 3.07. The third-order valence-corrected chi connectivity index (χ3v) is 5.66. The normalized spacial score (nSPS) is 17.2. The number of amides is 5. The number of likely N-dealkylation sites (N-methyl/N-ethyl adjacent to an activating group) is 1. The Hall–Kier alpha value is -4.12. The van der Waals surface area contributed by atoms with E-state index in [-0.39, 0.29) is 19.0 Å². The SMILES string of the molecule is CCN(CC(=O)Nc1ccccc1OC)CC(=O)NN1C(=O)NC(C)(c2ccc(OC)cc2)C1=O. The van der Waals surface area contributed by atoms with Crippen LogP contribution in [0.3, 0.4) is 0 Å². The Morgan fingerprint density at radius 2 is 1.66 bits per heavy atom. The van der Waals surface area contributed by atoms with E-state index < -0.39 is 23.4 Å². The molecule has 3 rings (SSSR count). The van der Waals surface area contributed by atoms with E-state index in [1.54, 1.807) is 67.3 Å². The van der Waals surface area contributed by atoms with Crippen LogP contribution in [0.1, 0.15) is 19.4 Å². The number of carbonyl (C=O) groups is 4. The second-order valence-electron chi connectivity index (χ2n) is 8.01. The molecule has 1 aliphatic rings. The van der Waals surface area contributed by atoms with Gasteiger partial charge < -0.3 is 20.1 Å². The summed E-state index contributed by atoms with van der Waals surface area (Å²) >= 11 is 0.